The van der Waals surface area contributed by atoms with Crippen LogP contribution >= 0.6 is 23.2 Å². The van der Waals surface area contributed by atoms with Crippen LogP contribution in [0.15, 0.2) is 140 Å². The number of benzene rings is 5. The summed E-state index contributed by atoms with van der Waals surface area (Å²) in [7, 11) is 0. The number of esters is 1. The zero-order chi connectivity index (χ0) is 36.0. The molecule has 0 aliphatic carbocycles. The molecule has 8 nitrogen and oxygen atoms in total. The molecule has 6 rings (SSSR count). The van der Waals surface area contributed by atoms with Gasteiger partial charge >= 0.3 is 5.97 Å². The summed E-state index contributed by atoms with van der Waals surface area (Å²) in [5.41, 5.74) is 3.85. The molecule has 10 heteroatoms. The lowest BCUT2D eigenvalue weighted by Gasteiger charge is -2.45. The Kier molecular flexibility index (Phi) is 14.1. The van der Waals surface area contributed by atoms with Crippen molar-refractivity contribution in [3.8, 4) is 5.75 Å². The van der Waals surface area contributed by atoms with Crippen LogP contribution < -0.4 is 4.74 Å². The van der Waals surface area contributed by atoms with E-state index < -0.39 is 43.3 Å². The second-order valence-corrected chi connectivity index (χ2v) is 13.0. The normalized spacial score (nSPS) is 19.9. The number of rotatable bonds is 17. The molecule has 1 fully saturated rings. The summed E-state index contributed by atoms with van der Waals surface area (Å²) in [6, 6.07) is 44.0. The second kappa shape index (κ2) is 19.5. The Morgan fingerprint density at radius 2 is 1.06 bits per heavy atom. The predicted molar refractivity (Wildman–Crippen MR) is 198 cm³/mol. The summed E-state index contributed by atoms with van der Waals surface area (Å²) < 4.78 is 44.4. The molecule has 1 heterocycles. The lowest BCUT2D eigenvalue weighted by molar-refractivity contribution is -0.320. The van der Waals surface area contributed by atoms with Gasteiger partial charge < -0.3 is 33.2 Å². The molecule has 270 valence electrons. The van der Waals surface area contributed by atoms with E-state index in [0.29, 0.717) is 11.6 Å². The lowest BCUT2D eigenvalue weighted by atomic mass is 9.97. The first-order chi connectivity index (χ1) is 25.5. The maximum atomic E-state index is 13.4. The van der Waals surface area contributed by atoms with E-state index in [-0.39, 0.29) is 37.2 Å². The molecule has 0 saturated carbocycles. The maximum absolute atomic E-state index is 13.4. The molecule has 1 saturated heterocycles. The minimum absolute atomic E-state index is 0.121. The minimum Gasteiger partial charge on any atom is -0.480 e. The number of carbonyl (C=O) groups excluding carboxylic acids is 1. The van der Waals surface area contributed by atoms with E-state index in [1.807, 2.05) is 121 Å². The van der Waals surface area contributed by atoms with Gasteiger partial charge in [-0.2, -0.15) is 0 Å². The van der Waals surface area contributed by atoms with Crippen LogP contribution in [0.5, 0.6) is 5.75 Å². The van der Waals surface area contributed by atoms with Crippen molar-refractivity contribution in [3.05, 3.63) is 172 Å². The summed E-state index contributed by atoms with van der Waals surface area (Å²) in [5.74, 6) is -0.408. The average Bonchev–Trinajstić information content (AvgIpc) is 3.17. The maximum Gasteiger partial charge on any atom is 0.346 e. The molecule has 0 N–H and O–H groups in total. The van der Waals surface area contributed by atoms with E-state index in [2.05, 4.69) is 0 Å². The molecule has 0 radical (unpaired) electrons. The fourth-order valence-electron chi connectivity index (χ4n) is 5.73. The van der Waals surface area contributed by atoms with Crippen LogP contribution in [0, 0.1) is 0 Å². The fourth-order valence-corrected chi connectivity index (χ4v) is 6.20. The monoisotopic (exact) mass is 742 g/mol. The van der Waals surface area contributed by atoms with Gasteiger partial charge in [0.25, 0.3) is 0 Å². The lowest BCUT2D eigenvalue weighted by Crippen LogP contribution is -2.62. The number of halogens is 2. The Hall–Kier alpha value is -4.25. The van der Waals surface area contributed by atoms with E-state index in [4.69, 9.17) is 56.4 Å². The molecule has 0 spiro atoms. The zero-order valence-corrected chi connectivity index (χ0v) is 29.9. The van der Waals surface area contributed by atoms with Crippen molar-refractivity contribution in [1.82, 2.24) is 0 Å². The molecule has 1 aliphatic heterocycles. The third kappa shape index (κ3) is 11.1. The highest BCUT2D eigenvalue weighted by Gasteiger charge is 2.50. The minimum atomic E-state index is -1.21. The van der Waals surface area contributed by atoms with Gasteiger partial charge in [-0.15, -0.1) is 0 Å². The highest BCUT2D eigenvalue weighted by Crippen LogP contribution is 2.32. The van der Waals surface area contributed by atoms with Crippen LogP contribution in [0.2, 0.25) is 10.0 Å². The molecule has 5 atom stereocenters. The number of ether oxygens (including phenoxy) is 7. The van der Waals surface area contributed by atoms with Crippen LogP contribution in [0.25, 0.3) is 0 Å². The van der Waals surface area contributed by atoms with Crippen molar-refractivity contribution in [2.75, 3.05) is 13.2 Å². The summed E-state index contributed by atoms with van der Waals surface area (Å²) in [5, 5.41) is 0.710. The van der Waals surface area contributed by atoms with Crippen molar-refractivity contribution < 1.29 is 38.0 Å². The van der Waals surface area contributed by atoms with Gasteiger partial charge in [0.1, 0.15) is 30.2 Å². The van der Waals surface area contributed by atoms with Gasteiger partial charge in [0.2, 0.25) is 6.29 Å². The third-order valence-electron chi connectivity index (χ3n) is 8.33. The molecule has 0 amide bonds. The number of hydrogen-bond donors (Lipinski definition) is 0. The standard InChI is InChI=1S/C42H40Cl2O8/c43-34-21-22-36(35(44)23-34)47-29-38(45)52-42-41(50-27-33-19-11-4-12-20-33)40(49-26-32-17-9-3-10-18-32)39(48-25-31-15-7-2-8-16-31)37(51-42)28-46-24-30-13-5-1-6-14-30/h1-23,37,39-42H,24-29H2/t37-,39-,40+,41-,42+/m1/s1. The number of hydrogen-bond acceptors (Lipinski definition) is 8. The van der Waals surface area contributed by atoms with Crippen molar-refractivity contribution in [3.63, 3.8) is 0 Å². The molecular weight excluding hydrogens is 703 g/mol. The zero-order valence-electron chi connectivity index (χ0n) is 28.4. The Morgan fingerprint density at radius 3 is 1.58 bits per heavy atom. The fraction of sp³-hybridized carbons (Fsp3) is 0.262. The van der Waals surface area contributed by atoms with Gasteiger partial charge in [0.05, 0.1) is 38.1 Å². The van der Waals surface area contributed by atoms with Gasteiger partial charge in [0.15, 0.2) is 6.61 Å². The smallest absolute Gasteiger partial charge is 0.346 e. The third-order valence-corrected chi connectivity index (χ3v) is 8.86. The van der Waals surface area contributed by atoms with E-state index in [1.165, 1.54) is 6.07 Å². The first kappa shape index (κ1) is 37.5. The molecule has 0 bridgehead atoms. The van der Waals surface area contributed by atoms with E-state index in [1.54, 1.807) is 12.1 Å². The predicted octanol–water partition coefficient (Wildman–Crippen LogP) is 8.61. The summed E-state index contributed by atoms with van der Waals surface area (Å²) in [6.45, 7) is 0.752. The topological polar surface area (TPSA) is 81.7 Å². The molecule has 5 aromatic rings. The molecule has 5 aromatic carbocycles. The highest BCUT2D eigenvalue weighted by molar-refractivity contribution is 6.35. The summed E-state index contributed by atoms with van der Waals surface area (Å²) >= 11 is 12.3. The number of carbonyl (C=O) groups is 1. The largest absolute Gasteiger partial charge is 0.480 e. The Balaban J connectivity index is 1.28. The van der Waals surface area contributed by atoms with Gasteiger partial charge in [-0.25, -0.2) is 4.79 Å². The van der Waals surface area contributed by atoms with Crippen molar-refractivity contribution in [1.29, 1.82) is 0 Å². The van der Waals surface area contributed by atoms with Gasteiger partial charge in [-0.1, -0.05) is 145 Å². The summed E-state index contributed by atoms with van der Waals surface area (Å²) in [6.07, 6.45) is -4.26. The molecular formula is C42H40Cl2O8. The van der Waals surface area contributed by atoms with Crippen LogP contribution in [-0.4, -0.2) is 49.9 Å². The van der Waals surface area contributed by atoms with Gasteiger partial charge in [-0.05, 0) is 40.5 Å². The Bertz CT molecular complexity index is 1800. The SMILES string of the molecule is O=C(COc1ccc(Cl)cc1Cl)O[C@@H]1O[C@H](COCc2ccccc2)[C@@H](OCc2ccccc2)[C@H](OCc2ccccc2)[C@H]1OCc1ccccc1. The van der Waals surface area contributed by atoms with Crippen molar-refractivity contribution in [2.24, 2.45) is 0 Å². The Morgan fingerprint density at radius 1 is 0.577 bits per heavy atom. The van der Waals surface area contributed by atoms with Gasteiger partial charge in [-0.3, -0.25) is 0 Å². The van der Waals surface area contributed by atoms with Crippen molar-refractivity contribution in [2.45, 2.75) is 57.1 Å². The Labute approximate surface area is 314 Å². The van der Waals surface area contributed by atoms with Crippen molar-refractivity contribution >= 4 is 29.2 Å². The summed E-state index contributed by atoms with van der Waals surface area (Å²) in [4.78, 5) is 13.4. The van der Waals surface area contributed by atoms with E-state index in [9.17, 15) is 4.79 Å². The first-order valence-electron chi connectivity index (χ1n) is 17.0. The molecule has 52 heavy (non-hydrogen) atoms. The van der Waals surface area contributed by atoms with E-state index in [0.717, 1.165) is 22.3 Å². The quantitative estimate of drug-likeness (QED) is 0.0877. The highest BCUT2D eigenvalue weighted by atomic mass is 35.5. The second-order valence-electron chi connectivity index (χ2n) is 12.2. The van der Waals surface area contributed by atoms with Gasteiger partial charge in [0, 0.05) is 5.02 Å². The molecule has 1 aliphatic rings. The van der Waals surface area contributed by atoms with Crippen LogP contribution in [0.1, 0.15) is 22.3 Å². The first-order valence-corrected chi connectivity index (χ1v) is 17.8. The molecule has 0 unspecified atom stereocenters. The van der Waals surface area contributed by atoms with E-state index >= 15 is 0 Å². The molecule has 0 aromatic heterocycles. The van der Waals surface area contributed by atoms with Crippen LogP contribution in [0.3, 0.4) is 0 Å². The van der Waals surface area contributed by atoms with Crippen LogP contribution in [0.4, 0.5) is 0 Å². The average molecular weight is 744 g/mol. The van der Waals surface area contributed by atoms with Crippen LogP contribution in [-0.2, 0) is 59.6 Å².